The van der Waals surface area contributed by atoms with Crippen molar-refractivity contribution in [2.45, 2.75) is 20.0 Å². The molecular formula is C21H25N3O5S. The lowest BCUT2D eigenvalue weighted by Gasteiger charge is -2.28. The summed E-state index contributed by atoms with van der Waals surface area (Å²) in [6, 6.07) is 11.0. The van der Waals surface area contributed by atoms with E-state index in [4.69, 9.17) is 9.47 Å². The number of benzene rings is 1. The molecule has 1 unspecified atom stereocenters. The highest BCUT2D eigenvalue weighted by molar-refractivity contribution is 7.18. The van der Waals surface area contributed by atoms with Crippen LogP contribution in [0.4, 0.5) is 9.80 Å². The minimum Gasteiger partial charge on any atom is -0.448 e. The Balaban J connectivity index is 1.78. The number of urea groups is 1. The van der Waals surface area contributed by atoms with Crippen molar-refractivity contribution in [3.8, 4) is 11.1 Å². The highest BCUT2D eigenvalue weighted by Crippen LogP contribution is 2.39. The summed E-state index contributed by atoms with van der Waals surface area (Å²) in [6.45, 7) is 6.28. The van der Waals surface area contributed by atoms with Gasteiger partial charge in [0.2, 0.25) is 0 Å². The standard InChI is InChI=1S/C21H25N3O5S/c1-3-22-21(27)23-18(25)14(2)29-20(26)17-13-16(15-7-5-4-6-8-15)19(30-17)24-9-11-28-12-10-24/h4-8,13-14H,3,9-12H2,1-2H3,(H2,22,23,25,27). The molecule has 1 aliphatic heterocycles. The number of hydrogen-bond acceptors (Lipinski definition) is 7. The Labute approximate surface area is 179 Å². The van der Waals surface area contributed by atoms with Gasteiger partial charge in [-0.2, -0.15) is 0 Å². The molecule has 9 heteroatoms. The van der Waals surface area contributed by atoms with Gasteiger partial charge in [-0.25, -0.2) is 9.59 Å². The zero-order valence-electron chi connectivity index (χ0n) is 17.0. The van der Waals surface area contributed by atoms with E-state index in [9.17, 15) is 14.4 Å². The summed E-state index contributed by atoms with van der Waals surface area (Å²) in [5.41, 5.74) is 1.94. The molecule has 160 valence electrons. The van der Waals surface area contributed by atoms with Crippen molar-refractivity contribution < 1.29 is 23.9 Å². The summed E-state index contributed by atoms with van der Waals surface area (Å²) < 4.78 is 10.7. The predicted molar refractivity (Wildman–Crippen MR) is 115 cm³/mol. The maximum atomic E-state index is 12.7. The number of hydrogen-bond donors (Lipinski definition) is 2. The van der Waals surface area contributed by atoms with Gasteiger partial charge in [0.25, 0.3) is 5.91 Å². The summed E-state index contributed by atoms with van der Waals surface area (Å²) in [6.07, 6.45) is -1.10. The topological polar surface area (TPSA) is 97.0 Å². The van der Waals surface area contributed by atoms with E-state index in [1.165, 1.54) is 18.3 Å². The molecule has 1 aliphatic rings. The second-order valence-electron chi connectivity index (χ2n) is 6.69. The molecule has 0 aliphatic carbocycles. The van der Waals surface area contributed by atoms with Crippen LogP contribution in [-0.4, -0.2) is 56.9 Å². The zero-order chi connectivity index (χ0) is 21.5. The Morgan fingerprint density at radius 1 is 1.20 bits per heavy atom. The third kappa shape index (κ3) is 5.37. The molecule has 8 nitrogen and oxygen atoms in total. The fourth-order valence-corrected chi connectivity index (χ4v) is 4.11. The Morgan fingerprint density at radius 2 is 1.90 bits per heavy atom. The first kappa shape index (κ1) is 21.8. The molecular weight excluding hydrogens is 406 g/mol. The number of rotatable bonds is 6. The van der Waals surface area contributed by atoms with Crippen LogP contribution in [0.25, 0.3) is 11.1 Å². The Bertz CT molecular complexity index is 893. The number of amides is 3. The van der Waals surface area contributed by atoms with E-state index in [2.05, 4.69) is 15.5 Å². The Kier molecular flexibility index (Phi) is 7.42. The maximum absolute atomic E-state index is 12.7. The number of morpholine rings is 1. The number of carbonyl (C=O) groups excluding carboxylic acids is 3. The van der Waals surface area contributed by atoms with Gasteiger partial charge in [0.15, 0.2) is 6.10 Å². The largest absolute Gasteiger partial charge is 0.448 e. The van der Waals surface area contributed by atoms with E-state index in [1.54, 1.807) is 13.0 Å². The average Bonchev–Trinajstić information content (AvgIpc) is 3.21. The zero-order valence-corrected chi connectivity index (χ0v) is 17.8. The van der Waals surface area contributed by atoms with Gasteiger partial charge in [-0.15, -0.1) is 11.3 Å². The smallest absolute Gasteiger partial charge is 0.349 e. The van der Waals surface area contributed by atoms with Gasteiger partial charge in [-0.1, -0.05) is 30.3 Å². The fourth-order valence-electron chi connectivity index (χ4n) is 3.00. The van der Waals surface area contributed by atoms with Gasteiger partial charge in [-0.05, 0) is 25.5 Å². The van der Waals surface area contributed by atoms with Crippen LogP contribution in [0.15, 0.2) is 36.4 Å². The fraction of sp³-hybridized carbons (Fsp3) is 0.381. The van der Waals surface area contributed by atoms with Crippen LogP contribution < -0.4 is 15.5 Å². The van der Waals surface area contributed by atoms with Gasteiger partial charge >= 0.3 is 12.0 Å². The van der Waals surface area contributed by atoms with Gasteiger partial charge in [-0.3, -0.25) is 10.1 Å². The van der Waals surface area contributed by atoms with E-state index in [0.29, 0.717) is 24.6 Å². The van der Waals surface area contributed by atoms with E-state index in [-0.39, 0.29) is 0 Å². The number of imide groups is 1. The number of esters is 1. The van der Waals surface area contributed by atoms with E-state index in [0.717, 1.165) is 29.2 Å². The molecule has 1 aromatic heterocycles. The molecule has 1 aromatic carbocycles. The highest BCUT2D eigenvalue weighted by Gasteiger charge is 2.25. The van der Waals surface area contributed by atoms with Crippen molar-refractivity contribution in [3.63, 3.8) is 0 Å². The number of nitrogens with one attached hydrogen (secondary N) is 2. The monoisotopic (exact) mass is 431 g/mol. The van der Waals surface area contributed by atoms with Crippen LogP contribution in [0.1, 0.15) is 23.5 Å². The SMILES string of the molecule is CCNC(=O)NC(=O)C(C)OC(=O)c1cc(-c2ccccc2)c(N2CCOCC2)s1. The molecule has 0 spiro atoms. The molecule has 2 N–H and O–H groups in total. The predicted octanol–water partition coefficient (Wildman–Crippen LogP) is 2.64. The molecule has 3 amide bonds. The average molecular weight is 432 g/mol. The first-order valence-corrected chi connectivity index (χ1v) is 10.6. The Morgan fingerprint density at radius 3 is 2.57 bits per heavy atom. The van der Waals surface area contributed by atoms with Crippen molar-refractivity contribution >= 4 is 34.2 Å². The Hall–Kier alpha value is -2.91. The van der Waals surface area contributed by atoms with Crippen molar-refractivity contribution in [2.75, 3.05) is 37.7 Å². The number of thiophene rings is 1. The van der Waals surface area contributed by atoms with Crippen LogP contribution in [0.3, 0.4) is 0 Å². The summed E-state index contributed by atoms with van der Waals surface area (Å²) in [5.74, 6) is -1.28. The quantitative estimate of drug-likeness (QED) is 0.683. The molecule has 3 rings (SSSR count). The second kappa shape index (κ2) is 10.2. The van der Waals surface area contributed by atoms with E-state index < -0.39 is 24.0 Å². The number of anilines is 1. The van der Waals surface area contributed by atoms with Crippen molar-refractivity contribution in [2.24, 2.45) is 0 Å². The van der Waals surface area contributed by atoms with Crippen LogP contribution in [0.2, 0.25) is 0 Å². The molecule has 1 atom stereocenters. The van der Waals surface area contributed by atoms with Gasteiger partial charge in [0.1, 0.15) is 4.88 Å². The molecule has 0 bridgehead atoms. The summed E-state index contributed by atoms with van der Waals surface area (Å²) in [4.78, 5) is 38.9. The molecule has 1 saturated heterocycles. The summed E-state index contributed by atoms with van der Waals surface area (Å²) in [5, 5.41) is 5.57. The molecule has 2 aromatic rings. The molecule has 0 radical (unpaired) electrons. The summed E-state index contributed by atoms with van der Waals surface area (Å²) in [7, 11) is 0. The van der Waals surface area contributed by atoms with Crippen LogP contribution in [0.5, 0.6) is 0 Å². The van der Waals surface area contributed by atoms with Crippen LogP contribution in [-0.2, 0) is 14.3 Å². The third-order valence-electron chi connectivity index (χ3n) is 4.52. The maximum Gasteiger partial charge on any atom is 0.349 e. The van der Waals surface area contributed by atoms with Crippen molar-refractivity contribution in [1.82, 2.24) is 10.6 Å². The number of carbonyl (C=O) groups is 3. The molecule has 0 saturated carbocycles. The normalized spacial score (nSPS) is 14.7. The van der Waals surface area contributed by atoms with Gasteiger partial charge < -0.3 is 19.7 Å². The van der Waals surface area contributed by atoms with Crippen LogP contribution >= 0.6 is 11.3 Å². The first-order chi connectivity index (χ1) is 14.5. The van der Waals surface area contributed by atoms with Crippen LogP contribution in [0, 0.1) is 0 Å². The third-order valence-corrected chi connectivity index (χ3v) is 5.70. The lowest BCUT2D eigenvalue weighted by atomic mass is 10.1. The van der Waals surface area contributed by atoms with E-state index >= 15 is 0 Å². The van der Waals surface area contributed by atoms with Crippen molar-refractivity contribution in [1.29, 1.82) is 0 Å². The minimum atomic E-state index is -1.10. The first-order valence-electron chi connectivity index (χ1n) is 9.81. The van der Waals surface area contributed by atoms with Gasteiger partial charge in [0, 0.05) is 25.2 Å². The minimum absolute atomic E-state index is 0.384. The van der Waals surface area contributed by atoms with Crippen molar-refractivity contribution in [3.05, 3.63) is 41.3 Å². The molecule has 1 fully saturated rings. The lowest BCUT2D eigenvalue weighted by Crippen LogP contribution is -2.44. The molecule has 30 heavy (non-hydrogen) atoms. The molecule has 2 heterocycles. The lowest BCUT2D eigenvalue weighted by molar-refractivity contribution is -0.127. The van der Waals surface area contributed by atoms with Gasteiger partial charge in [0.05, 0.1) is 18.2 Å². The second-order valence-corrected chi connectivity index (χ2v) is 7.72. The number of ether oxygens (including phenoxy) is 2. The summed E-state index contributed by atoms with van der Waals surface area (Å²) >= 11 is 1.33. The highest BCUT2D eigenvalue weighted by atomic mass is 32.1. The van der Waals surface area contributed by atoms with E-state index in [1.807, 2.05) is 30.3 Å². The number of nitrogens with zero attached hydrogens (tertiary/aromatic N) is 1.